The second-order valence-corrected chi connectivity index (χ2v) is 25.8. The van der Waals surface area contributed by atoms with Gasteiger partial charge in [0.15, 0.2) is 0 Å². The first-order valence-electron chi connectivity index (χ1n) is 22.9. The molecule has 3 aromatic heterocycles. The third kappa shape index (κ3) is 17.4. The van der Waals surface area contributed by atoms with Crippen molar-refractivity contribution in [2.75, 3.05) is 35.6 Å². The lowest BCUT2D eigenvalue weighted by Gasteiger charge is -2.36. The van der Waals surface area contributed by atoms with Crippen molar-refractivity contribution in [1.29, 1.82) is 15.8 Å². The molecule has 3 aromatic carbocycles. The van der Waals surface area contributed by atoms with E-state index in [1.807, 2.05) is 0 Å². The van der Waals surface area contributed by atoms with Crippen LogP contribution in [0.15, 0.2) is 89.3 Å². The fraction of sp³-hybridized carbons (Fsp3) is 0.312. The minimum Gasteiger partial charge on any atom is -0.325 e. The van der Waals surface area contributed by atoms with Gasteiger partial charge in [-0.25, -0.2) is 28.1 Å². The van der Waals surface area contributed by atoms with Gasteiger partial charge in [0.05, 0.1) is 51.4 Å². The van der Waals surface area contributed by atoms with Crippen molar-refractivity contribution in [2.45, 2.75) is 77.8 Å². The summed E-state index contributed by atoms with van der Waals surface area (Å²) in [6, 6.07) is 10.6. The molecule has 0 bridgehead atoms. The smallest absolute Gasteiger partial charge is 0.281 e. The maximum Gasteiger partial charge on any atom is 0.281 e. The molecule has 0 aliphatic carbocycles. The average Bonchev–Trinajstić information content (AvgIpc) is 2.54. The molecule has 6 aromatic rings. The molecule has 24 nitrogen and oxygen atoms in total. The zero-order valence-corrected chi connectivity index (χ0v) is 48.0. The van der Waals surface area contributed by atoms with Crippen LogP contribution in [0.1, 0.15) is 74.7 Å². The van der Waals surface area contributed by atoms with Gasteiger partial charge < -0.3 is 16.0 Å². The Morgan fingerprint density at radius 3 is 0.964 bits per heavy atom. The Kier molecular flexibility index (Phi) is 25.6. The number of nitrogens with zero attached hydrogens (tertiary/aromatic N) is 9. The molecular formula is C48H51Cl3F3N15O9S6. The van der Waals surface area contributed by atoms with Crippen LogP contribution < -0.4 is 30.1 Å². The third-order valence-electron chi connectivity index (χ3n) is 11.6. The highest BCUT2D eigenvalue weighted by molar-refractivity contribution is 7.87. The van der Waals surface area contributed by atoms with E-state index in [9.17, 15) is 52.8 Å². The Hall–Kier alpha value is -6.30. The van der Waals surface area contributed by atoms with Gasteiger partial charge in [-0.05, 0) is 73.9 Å². The Bertz CT molecular complexity index is 3370. The Balaban J connectivity index is 0.000000266. The largest absolute Gasteiger partial charge is 0.325 e. The van der Waals surface area contributed by atoms with Gasteiger partial charge >= 0.3 is 0 Å². The first-order valence-corrected chi connectivity index (χ1v) is 31.0. The summed E-state index contributed by atoms with van der Waals surface area (Å²) in [6.07, 6.45) is 4.84. The van der Waals surface area contributed by atoms with Crippen molar-refractivity contribution in [3.63, 3.8) is 0 Å². The summed E-state index contributed by atoms with van der Waals surface area (Å²) in [5, 5.41) is 40.6. The number of hydrogen-bond donors (Lipinski definition) is 6. The predicted molar refractivity (Wildman–Crippen MR) is 313 cm³/mol. The summed E-state index contributed by atoms with van der Waals surface area (Å²) in [6.45, 7) is -1.49. The molecule has 3 aliphatic rings. The summed E-state index contributed by atoms with van der Waals surface area (Å²) < 4.78 is 125. The average molecular weight is 1340 g/mol. The second kappa shape index (κ2) is 30.7. The minimum absolute atomic E-state index is 0. The molecule has 3 saturated heterocycles. The number of aromatic nitrogens is 3. The fourth-order valence-electron chi connectivity index (χ4n) is 7.99. The van der Waals surface area contributed by atoms with Gasteiger partial charge in [0.1, 0.15) is 70.2 Å². The van der Waals surface area contributed by atoms with Crippen LogP contribution in [-0.4, -0.2) is 109 Å². The maximum atomic E-state index is 13.3. The third-order valence-corrected chi connectivity index (χ3v) is 19.9. The fourth-order valence-corrected chi connectivity index (χ4v) is 15.2. The second-order valence-electron chi connectivity index (χ2n) is 16.9. The number of rotatable bonds is 12. The number of carbonyl (C=O) groups is 3. The number of nitrogens with one attached hydrogen (secondary N) is 6. The summed E-state index contributed by atoms with van der Waals surface area (Å²) in [5.74, 6) is -3.89. The quantitative estimate of drug-likeness (QED) is 0.0631. The van der Waals surface area contributed by atoms with Crippen LogP contribution in [0.4, 0.5) is 30.2 Å². The van der Waals surface area contributed by atoms with E-state index in [4.69, 9.17) is 50.6 Å². The SMILES string of the molecule is C.C.C.N#CCN1C(C(=O)Nc2ccc(F)c(Cl)c2)CC(c2nccs2)NS1(=O)=O.N#CCN1[C@@H](C(=O)Nc2ccc(F)c(Cl)c2)C[C@@H](c2nccs2)NS1(=O)=O.N#CCN1[C@H](C(=O)Nc2ccc(F)c(Cl)c2)C[C@H](c2nccs2)NS1(=O)=O. The van der Waals surface area contributed by atoms with Crippen molar-refractivity contribution in [3.8, 4) is 18.2 Å². The molecule has 36 heteroatoms. The molecule has 9 rings (SSSR count). The number of amides is 3. The molecule has 3 fully saturated rings. The number of nitriles is 3. The van der Waals surface area contributed by atoms with E-state index in [2.05, 4.69) is 45.1 Å². The minimum atomic E-state index is -4.08. The molecule has 0 saturated carbocycles. The van der Waals surface area contributed by atoms with Crippen molar-refractivity contribution < 1.29 is 52.8 Å². The number of carbonyl (C=O) groups excluding carboxylic acids is 3. The van der Waals surface area contributed by atoms with Gasteiger partial charge in [-0.2, -0.15) is 68.1 Å². The van der Waals surface area contributed by atoms with E-state index in [1.165, 1.54) is 89.0 Å². The zero-order valence-electron chi connectivity index (χ0n) is 40.8. The van der Waals surface area contributed by atoms with Crippen LogP contribution in [0.2, 0.25) is 15.1 Å². The Labute approximate surface area is 509 Å². The molecule has 2 unspecified atom stereocenters. The molecular weight excluding hydrogens is 1290 g/mol. The van der Waals surface area contributed by atoms with E-state index < -0.39 is 122 Å². The van der Waals surface area contributed by atoms with E-state index in [0.717, 1.165) is 31.1 Å². The van der Waals surface area contributed by atoms with E-state index >= 15 is 0 Å². The number of thiazole rings is 3. The summed E-state index contributed by atoms with van der Waals surface area (Å²) >= 11 is 20.9. The number of benzene rings is 3. The molecule has 0 spiro atoms. The lowest BCUT2D eigenvalue weighted by molar-refractivity contribution is -0.121. The van der Waals surface area contributed by atoms with Crippen LogP contribution in [0.3, 0.4) is 0 Å². The Morgan fingerprint density at radius 1 is 0.512 bits per heavy atom. The zero-order chi connectivity index (χ0) is 58.8. The van der Waals surface area contributed by atoms with Crippen molar-refractivity contribution in [1.82, 2.24) is 42.0 Å². The molecule has 6 atom stereocenters. The highest BCUT2D eigenvalue weighted by atomic mass is 35.5. The number of anilines is 3. The van der Waals surface area contributed by atoms with Gasteiger partial charge in [0, 0.05) is 51.8 Å². The van der Waals surface area contributed by atoms with Crippen LogP contribution >= 0.6 is 68.8 Å². The maximum absolute atomic E-state index is 13.3. The molecule has 6 N–H and O–H groups in total. The van der Waals surface area contributed by atoms with Gasteiger partial charge in [0.25, 0.3) is 30.6 Å². The molecule has 6 heterocycles. The van der Waals surface area contributed by atoms with Crippen molar-refractivity contribution >= 4 is 134 Å². The summed E-state index contributed by atoms with van der Waals surface area (Å²) in [7, 11) is -12.2. The Morgan fingerprint density at radius 2 is 0.762 bits per heavy atom. The van der Waals surface area contributed by atoms with Crippen LogP contribution in [-0.2, 0) is 45.0 Å². The molecule has 84 heavy (non-hydrogen) atoms. The molecule has 0 radical (unpaired) electrons. The molecule has 450 valence electrons. The molecule has 3 aliphatic heterocycles. The van der Waals surface area contributed by atoms with Crippen LogP contribution in [0.25, 0.3) is 0 Å². The predicted octanol–water partition coefficient (Wildman–Crippen LogP) is 8.05. The van der Waals surface area contributed by atoms with E-state index in [-0.39, 0.29) is 73.7 Å². The highest BCUT2D eigenvalue weighted by Gasteiger charge is 2.46. The van der Waals surface area contributed by atoms with E-state index in [0.29, 0.717) is 15.0 Å². The van der Waals surface area contributed by atoms with Gasteiger partial charge in [-0.15, -0.1) is 34.0 Å². The monoisotopic (exact) mass is 1340 g/mol. The topological polar surface area (TPSA) is 346 Å². The lowest BCUT2D eigenvalue weighted by atomic mass is 10.1. The highest BCUT2D eigenvalue weighted by Crippen LogP contribution is 2.34. The van der Waals surface area contributed by atoms with Crippen molar-refractivity contribution in [2.24, 2.45) is 0 Å². The normalized spacial score (nSPS) is 21.3. The van der Waals surface area contributed by atoms with Gasteiger partial charge in [-0.3, -0.25) is 14.4 Å². The number of halogens is 6. The number of hydrogen-bond acceptors (Lipinski definition) is 18. The lowest BCUT2D eigenvalue weighted by Crippen LogP contribution is -2.57. The van der Waals surface area contributed by atoms with Gasteiger partial charge in [-0.1, -0.05) is 57.1 Å². The first kappa shape index (κ1) is 70.2. The summed E-state index contributed by atoms with van der Waals surface area (Å²) in [5.41, 5.74) is 0.639. The van der Waals surface area contributed by atoms with Crippen LogP contribution in [0.5, 0.6) is 0 Å². The van der Waals surface area contributed by atoms with Gasteiger partial charge in [0.2, 0.25) is 17.7 Å². The summed E-state index contributed by atoms with van der Waals surface area (Å²) in [4.78, 5) is 50.5. The first-order chi connectivity index (χ1) is 38.4. The van der Waals surface area contributed by atoms with Crippen LogP contribution in [0, 0.1) is 51.4 Å². The van der Waals surface area contributed by atoms with E-state index in [1.54, 1.807) is 34.3 Å². The van der Waals surface area contributed by atoms with Crippen molar-refractivity contribution in [3.05, 3.63) is 137 Å². The standard InChI is InChI=1S/3C15H13ClFN5O3S2.3CH4/c3*16-10-7-9(1-2-11(10)17)20-14(23)13-8-12(15-19-4-6-26-15)21-27(24,25)22(13)5-3-18;;;/h3*1-2,4,6-7,12-13,21H,5,8H2,(H,20,23);3*1H4/t2*12-,13+;;;;/m10..../s1. The molecule has 3 amide bonds.